The molecule has 0 aliphatic carbocycles. The van der Waals surface area contributed by atoms with Gasteiger partial charge < -0.3 is 5.32 Å². The number of hydrogen-bond acceptors (Lipinski definition) is 2. The monoisotopic (exact) mass is 254 g/mol. The van der Waals surface area contributed by atoms with Crippen LogP contribution in [0.3, 0.4) is 0 Å². The lowest BCUT2D eigenvalue weighted by Gasteiger charge is -2.20. The lowest BCUT2D eigenvalue weighted by atomic mass is 9.95. The molecule has 0 radical (unpaired) electrons. The maximum absolute atomic E-state index is 4.27. The van der Waals surface area contributed by atoms with E-state index in [4.69, 9.17) is 0 Å². The number of benzene rings is 1. The molecule has 1 atom stereocenters. The van der Waals surface area contributed by atoms with Crippen LogP contribution < -0.4 is 5.32 Å². The van der Waals surface area contributed by atoms with Crippen LogP contribution in [0.4, 0.5) is 0 Å². The maximum atomic E-state index is 4.27. The third kappa shape index (κ3) is 3.21. The average Bonchev–Trinajstić information content (AvgIpc) is 2.46. The summed E-state index contributed by atoms with van der Waals surface area (Å²) in [7, 11) is 0. The molecule has 1 unspecified atom stereocenters. The van der Waals surface area contributed by atoms with Crippen molar-refractivity contribution in [3.8, 4) is 0 Å². The summed E-state index contributed by atoms with van der Waals surface area (Å²) < 4.78 is 0. The van der Waals surface area contributed by atoms with Crippen LogP contribution in [0.25, 0.3) is 0 Å². The van der Waals surface area contributed by atoms with E-state index in [2.05, 4.69) is 61.4 Å². The van der Waals surface area contributed by atoms with Gasteiger partial charge in [0.15, 0.2) is 0 Å². The first-order valence-electron chi connectivity index (χ1n) is 6.99. The van der Waals surface area contributed by atoms with E-state index < -0.39 is 0 Å². The summed E-state index contributed by atoms with van der Waals surface area (Å²) in [6, 6.07) is 11.2. The molecule has 1 heterocycles. The van der Waals surface area contributed by atoms with Crippen molar-refractivity contribution in [2.45, 2.75) is 33.2 Å². The Kier molecular flexibility index (Phi) is 4.69. The zero-order valence-electron chi connectivity index (χ0n) is 12.0. The van der Waals surface area contributed by atoms with E-state index in [-0.39, 0.29) is 6.04 Å². The number of aryl methyl sites for hydroxylation is 2. The number of pyridine rings is 1. The maximum Gasteiger partial charge on any atom is 0.0594 e. The molecule has 0 aliphatic heterocycles. The predicted molar refractivity (Wildman–Crippen MR) is 80.3 cm³/mol. The van der Waals surface area contributed by atoms with Crippen molar-refractivity contribution >= 4 is 0 Å². The molecule has 2 rings (SSSR count). The minimum atomic E-state index is 0.226. The van der Waals surface area contributed by atoms with Gasteiger partial charge in [-0.25, -0.2) is 0 Å². The van der Waals surface area contributed by atoms with Crippen molar-refractivity contribution in [1.82, 2.24) is 10.3 Å². The number of nitrogens with one attached hydrogen (secondary N) is 1. The lowest BCUT2D eigenvalue weighted by molar-refractivity contribution is 0.625. The van der Waals surface area contributed by atoms with E-state index in [0.717, 1.165) is 13.0 Å². The number of aromatic nitrogens is 1. The Morgan fingerprint density at radius 2 is 1.84 bits per heavy atom. The van der Waals surface area contributed by atoms with Crippen molar-refractivity contribution in [2.24, 2.45) is 0 Å². The average molecular weight is 254 g/mol. The molecular weight excluding hydrogens is 232 g/mol. The van der Waals surface area contributed by atoms with Crippen LogP contribution in [0.2, 0.25) is 0 Å². The predicted octanol–water partition coefficient (Wildman–Crippen LogP) is 3.65. The van der Waals surface area contributed by atoms with Crippen LogP contribution in [-0.2, 0) is 6.42 Å². The summed E-state index contributed by atoms with van der Waals surface area (Å²) in [5, 5.41) is 3.55. The summed E-state index contributed by atoms with van der Waals surface area (Å²) >= 11 is 0. The topological polar surface area (TPSA) is 24.9 Å². The Morgan fingerprint density at radius 3 is 2.42 bits per heavy atom. The van der Waals surface area contributed by atoms with Crippen LogP contribution in [0.5, 0.6) is 0 Å². The molecule has 0 fully saturated rings. The van der Waals surface area contributed by atoms with Crippen LogP contribution in [0, 0.1) is 6.92 Å². The fourth-order valence-electron chi connectivity index (χ4n) is 2.34. The van der Waals surface area contributed by atoms with Crippen LogP contribution in [0.1, 0.15) is 42.1 Å². The van der Waals surface area contributed by atoms with Gasteiger partial charge in [0.05, 0.1) is 6.04 Å². The molecule has 0 amide bonds. The Hall–Kier alpha value is -1.67. The SMILES string of the molecule is CCNC(c1ccc(CC)cc1)c1cnccc1C. The number of hydrogen-bond donors (Lipinski definition) is 1. The third-order valence-electron chi connectivity index (χ3n) is 3.52. The molecule has 19 heavy (non-hydrogen) atoms. The number of nitrogens with zero attached hydrogens (tertiary/aromatic N) is 1. The van der Waals surface area contributed by atoms with Crippen molar-refractivity contribution in [3.63, 3.8) is 0 Å². The molecule has 1 aromatic heterocycles. The fraction of sp³-hybridized carbons (Fsp3) is 0.353. The first kappa shape index (κ1) is 13.8. The summed E-state index contributed by atoms with van der Waals surface area (Å²) in [6.45, 7) is 7.40. The van der Waals surface area contributed by atoms with Gasteiger partial charge in [0.1, 0.15) is 0 Å². The molecule has 0 spiro atoms. The third-order valence-corrected chi connectivity index (χ3v) is 3.52. The normalized spacial score (nSPS) is 12.4. The lowest BCUT2D eigenvalue weighted by Crippen LogP contribution is -2.22. The second kappa shape index (κ2) is 6.48. The Balaban J connectivity index is 2.36. The van der Waals surface area contributed by atoms with E-state index in [0.29, 0.717) is 0 Å². The number of rotatable bonds is 5. The van der Waals surface area contributed by atoms with Gasteiger partial charge in [-0.05, 0) is 48.2 Å². The molecule has 2 aromatic rings. The highest BCUT2D eigenvalue weighted by atomic mass is 14.9. The molecule has 100 valence electrons. The van der Waals surface area contributed by atoms with Gasteiger partial charge >= 0.3 is 0 Å². The quantitative estimate of drug-likeness (QED) is 0.881. The molecule has 1 N–H and O–H groups in total. The van der Waals surface area contributed by atoms with E-state index in [1.54, 1.807) is 0 Å². The second-order valence-electron chi connectivity index (χ2n) is 4.82. The molecule has 0 bridgehead atoms. The van der Waals surface area contributed by atoms with Crippen molar-refractivity contribution < 1.29 is 0 Å². The summed E-state index contributed by atoms with van der Waals surface area (Å²) in [4.78, 5) is 4.27. The van der Waals surface area contributed by atoms with Gasteiger partial charge in [-0.2, -0.15) is 0 Å². The smallest absolute Gasteiger partial charge is 0.0594 e. The summed E-state index contributed by atoms with van der Waals surface area (Å²) in [6.07, 6.45) is 4.90. The molecule has 1 aromatic carbocycles. The Morgan fingerprint density at radius 1 is 1.11 bits per heavy atom. The molecule has 0 saturated heterocycles. The van der Waals surface area contributed by atoms with Gasteiger partial charge in [0, 0.05) is 12.4 Å². The molecule has 2 heteroatoms. The van der Waals surface area contributed by atoms with Gasteiger partial charge in [-0.1, -0.05) is 38.1 Å². The van der Waals surface area contributed by atoms with Crippen molar-refractivity contribution in [2.75, 3.05) is 6.54 Å². The Labute approximate surface area is 115 Å². The highest BCUT2D eigenvalue weighted by Gasteiger charge is 2.14. The van der Waals surface area contributed by atoms with Crippen molar-refractivity contribution in [3.05, 3.63) is 65.0 Å². The Bertz CT molecular complexity index is 517. The highest BCUT2D eigenvalue weighted by molar-refractivity contribution is 5.36. The van der Waals surface area contributed by atoms with Gasteiger partial charge in [0.2, 0.25) is 0 Å². The van der Waals surface area contributed by atoms with E-state index in [1.165, 1.54) is 22.3 Å². The minimum Gasteiger partial charge on any atom is -0.306 e. The molecule has 2 nitrogen and oxygen atoms in total. The first-order valence-corrected chi connectivity index (χ1v) is 6.99. The first-order chi connectivity index (χ1) is 9.26. The van der Waals surface area contributed by atoms with Gasteiger partial charge in [-0.15, -0.1) is 0 Å². The van der Waals surface area contributed by atoms with E-state index in [9.17, 15) is 0 Å². The molecule has 0 aliphatic rings. The van der Waals surface area contributed by atoms with Crippen LogP contribution in [0.15, 0.2) is 42.7 Å². The standard InChI is InChI=1S/C17H22N2/c1-4-14-6-8-15(9-7-14)17(19-5-2)16-12-18-11-10-13(16)3/h6-12,17,19H,4-5H2,1-3H3. The zero-order valence-corrected chi connectivity index (χ0v) is 12.0. The van der Waals surface area contributed by atoms with E-state index >= 15 is 0 Å². The van der Waals surface area contributed by atoms with Crippen LogP contribution in [-0.4, -0.2) is 11.5 Å². The second-order valence-corrected chi connectivity index (χ2v) is 4.82. The fourth-order valence-corrected chi connectivity index (χ4v) is 2.34. The summed E-state index contributed by atoms with van der Waals surface area (Å²) in [5.41, 5.74) is 5.21. The molecular formula is C17H22N2. The zero-order chi connectivity index (χ0) is 13.7. The largest absolute Gasteiger partial charge is 0.306 e. The van der Waals surface area contributed by atoms with Gasteiger partial charge in [-0.3, -0.25) is 4.98 Å². The summed E-state index contributed by atoms with van der Waals surface area (Å²) in [5.74, 6) is 0. The van der Waals surface area contributed by atoms with Crippen LogP contribution >= 0.6 is 0 Å². The van der Waals surface area contributed by atoms with Crippen molar-refractivity contribution in [1.29, 1.82) is 0 Å². The van der Waals surface area contributed by atoms with E-state index in [1.807, 2.05) is 12.4 Å². The highest BCUT2D eigenvalue weighted by Crippen LogP contribution is 2.24. The van der Waals surface area contributed by atoms with Gasteiger partial charge in [0.25, 0.3) is 0 Å². The minimum absolute atomic E-state index is 0.226. The molecule has 0 saturated carbocycles.